The lowest BCUT2D eigenvalue weighted by atomic mass is 9.84. The van der Waals surface area contributed by atoms with Crippen molar-refractivity contribution in [1.82, 2.24) is 19.7 Å². The smallest absolute Gasteiger partial charge is 0.236 e. The first kappa shape index (κ1) is 16.9. The molecule has 1 aromatic rings. The molecular formula is C18H26N4O2. The zero-order valence-electron chi connectivity index (χ0n) is 14.6. The van der Waals surface area contributed by atoms with E-state index in [1.54, 1.807) is 25.2 Å². The van der Waals surface area contributed by atoms with E-state index < -0.39 is 0 Å². The van der Waals surface area contributed by atoms with Crippen LogP contribution in [0.2, 0.25) is 0 Å². The van der Waals surface area contributed by atoms with Crippen molar-refractivity contribution < 1.29 is 9.59 Å². The molecule has 1 aromatic heterocycles. The minimum atomic E-state index is -0.0371. The van der Waals surface area contributed by atoms with Gasteiger partial charge in [0.05, 0.1) is 6.54 Å². The molecule has 2 fully saturated rings. The van der Waals surface area contributed by atoms with E-state index in [1.807, 2.05) is 18.3 Å². The molecule has 2 saturated heterocycles. The second-order valence-corrected chi connectivity index (χ2v) is 7.13. The van der Waals surface area contributed by atoms with Crippen LogP contribution in [0.15, 0.2) is 24.5 Å². The highest BCUT2D eigenvalue weighted by atomic mass is 16.2. The Morgan fingerprint density at radius 1 is 1.29 bits per heavy atom. The number of carbonyl (C=O) groups excluding carboxylic acids is 2. The number of carbonyl (C=O) groups is 2. The maximum Gasteiger partial charge on any atom is 0.236 e. The summed E-state index contributed by atoms with van der Waals surface area (Å²) in [5.74, 6) is 0.386. The Labute approximate surface area is 143 Å². The molecule has 0 unspecified atom stereocenters. The maximum atomic E-state index is 12.4. The number of likely N-dealkylation sites (N-methyl/N-ethyl adjacent to an activating group) is 1. The number of aromatic nitrogens is 1. The Morgan fingerprint density at radius 2 is 2.04 bits per heavy atom. The standard InChI is InChI=1S/C18H26N4O2/c1-20(2)17(24)14-21-10-7-18(8-11-21)6-5-16(23)22(18)13-15-4-3-9-19-12-15/h3-4,9,12H,5-8,10-11,13-14H2,1-2H3. The number of nitrogens with zero attached hydrogens (tertiary/aromatic N) is 4. The summed E-state index contributed by atoms with van der Waals surface area (Å²) in [7, 11) is 3.58. The fraction of sp³-hybridized carbons (Fsp3) is 0.611. The van der Waals surface area contributed by atoms with E-state index in [2.05, 4.69) is 14.8 Å². The van der Waals surface area contributed by atoms with Gasteiger partial charge in [0.2, 0.25) is 11.8 Å². The third-order valence-electron chi connectivity index (χ3n) is 5.39. The van der Waals surface area contributed by atoms with Crippen LogP contribution < -0.4 is 0 Å². The van der Waals surface area contributed by atoms with Crippen LogP contribution in [0, 0.1) is 0 Å². The molecule has 0 aliphatic carbocycles. The van der Waals surface area contributed by atoms with E-state index in [9.17, 15) is 9.59 Å². The Kier molecular flexibility index (Phi) is 4.85. The van der Waals surface area contributed by atoms with Gasteiger partial charge < -0.3 is 9.80 Å². The molecule has 6 heteroatoms. The summed E-state index contributed by atoms with van der Waals surface area (Å²) >= 11 is 0. The van der Waals surface area contributed by atoms with Gasteiger partial charge >= 0.3 is 0 Å². The molecule has 2 aliphatic heterocycles. The number of rotatable bonds is 4. The van der Waals surface area contributed by atoms with E-state index in [0.29, 0.717) is 19.5 Å². The van der Waals surface area contributed by atoms with Gasteiger partial charge in [0.15, 0.2) is 0 Å². The van der Waals surface area contributed by atoms with Crippen LogP contribution in [0.3, 0.4) is 0 Å². The van der Waals surface area contributed by atoms with Crippen molar-refractivity contribution in [2.75, 3.05) is 33.7 Å². The number of likely N-dealkylation sites (tertiary alicyclic amines) is 2. The third-order valence-corrected chi connectivity index (χ3v) is 5.39. The SMILES string of the molecule is CN(C)C(=O)CN1CCC2(CCC(=O)N2Cc2cccnc2)CC1. The normalized spacial score (nSPS) is 20.6. The molecule has 0 saturated carbocycles. The monoisotopic (exact) mass is 330 g/mol. The molecule has 0 bridgehead atoms. The molecule has 3 rings (SSSR count). The molecule has 24 heavy (non-hydrogen) atoms. The number of pyridine rings is 1. The largest absolute Gasteiger partial charge is 0.348 e. The Hall–Kier alpha value is -1.95. The lowest BCUT2D eigenvalue weighted by molar-refractivity contribution is -0.135. The van der Waals surface area contributed by atoms with Crippen molar-refractivity contribution in [3.63, 3.8) is 0 Å². The first-order chi connectivity index (χ1) is 11.5. The summed E-state index contributed by atoms with van der Waals surface area (Å²) in [5, 5.41) is 0. The second-order valence-electron chi connectivity index (χ2n) is 7.13. The van der Waals surface area contributed by atoms with Gasteiger partial charge in [-0.2, -0.15) is 0 Å². The van der Waals surface area contributed by atoms with E-state index in [4.69, 9.17) is 0 Å². The average molecular weight is 330 g/mol. The molecule has 0 N–H and O–H groups in total. The van der Waals surface area contributed by atoms with Crippen molar-refractivity contribution >= 4 is 11.8 Å². The highest BCUT2D eigenvalue weighted by Gasteiger charge is 2.46. The molecule has 3 heterocycles. The summed E-state index contributed by atoms with van der Waals surface area (Å²) in [6.07, 6.45) is 7.05. The van der Waals surface area contributed by atoms with Crippen LogP contribution in [0.25, 0.3) is 0 Å². The summed E-state index contributed by atoms with van der Waals surface area (Å²) in [5.41, 5.74) is 1.04. The molecule has 1 spiro atoms. The van der Waals surface area contributed by atoms with Crippen molar-refractivity contribution in [3.05, 3.63) is 30.1 Å². The average Bonchev–Trinajstić information content (AvgIpc) is 2.87. The minimum absolute atomic E-state index is 0.0371. The third kappa shape index (κ3) is 3.43. The number of hydrogen-bond acceptors (Lipinski definition) is 4. The summed E-state index contributed by atoms with van der Waals surface area (Å²) in [6, 6.07) is 3.94. The Bertz CT molecular complexity index is 594. The predicted octanol–water partition coefficient (Wildman–Crippen LogP) is 1.13. The first-order valence-corrected chi connectivity index (χ1v) is 8.62. The molecule has 0 aromatic carbocycles. The van der Waals surface area contributed by atoms with Crippen LogP contribution in [-0.4, -0.2) is 70.8 Å². The quantitative estimate of drug-likeness (QED) is 0.830. The van der Waals surface area contributed by atoms with Gasteiger partial charge in [-0.25, -0.2) is 0 Å². The molecule has 130 valence electrons. The Morgan fingerprint density at radius 3 is 2.67 bits per heavy atom. The van der Waals surface area contributed by atoms with Crippen LogP contribution in [0.4, 0.5) is 0 Å². The van der Waals surface area contributed by atoms with Gasteiger partial charge in [-0.15, -0.1) is 0 Å². The van der Waals surface area contributed by atoms with E-state index in [0.717, 1.165) is 37.9 Å². The van der Waals surface area contributed by atoms with Gasteiger partial charge in [-0.05, 0) is 30.9 Å². The zero-order valence-corrected chi connectivity index (χ0v) is 14.6. The summed E-state index contributed by atoms with van der Waals surface area (Å²) in [6.45, 7) is 2.86. The second kappa shape index (κ2) is 6.89. The minimum Gasteiger partial charge on any atom is -0.348 e. The fourth-order valence-corrected chi connectivity index (χ4v) is 3.78. The van der Waals surface area contributed by atoms with E-state index >= 15 is 0 Å². The topological polar surface area (TPSA) is 56.8 Å². The first-order valence-electron chi connectivity index (χ1n) is 8.62. The summed E-state index contributed by atoms with van der Waals surface area (Å²) in [4.78, 5) is 34.4. The van der Waals surface area contributed by atoms with Crippen LogP contribution in [0.5, 0.6) is 0 Å². The number of hydrogen-bond donors (Lipinski definition) is 0. The molecule has 0 radical (unpaired) electrons. The lowest BCUT2D eigenvalue weighted by Gasteiger charge is -2.45. The van der Waals surface area contributed by atoms with E-state index in [-0.39, 0.29) is 17.4 Å². The van der Waals surface area contributed by atoms with Gasteiger partial charge in [0, 0.05) is 58.1 Å². The van der Waals surface area contributed by atoms with Crippen molar-refractivity contribution in [2.24, 2.45) is 0 Å². The van der Waals surface area contributed by atoms with Gasteiger partial charge in [-0.1, -0.05) is 6.07 Å². The zero-order chi connectivity index (χ0) is 17.2. The molecular weight excluding hydrogens is 304 g/mol. The van der Waals surface area contributed by atoms with Crippen molar-refractivity contribution in [2.45, 2.75) is 37.8 Å². The van der Waals surface area contributed by atoms with Crippen molar-refractivity contribution in [1.29, 1.82) is 0 Å². The van der Waals surface area contributed by atoms with Crippen LogP contribution in [0.1, 0.15) is 31.2 Å². The van der Waals surface area contributed by atoms with Gasteiger partial charge in [0.1, 0.15) is 0 Å². The van der Waals surface area contributed by atoms with Crippen molar-refractivity contribution in [3.8, 4) is 0 Å². The highest BCUT2D eigenvalue weighted by molar-refractivity contribution is 5.80. The number of piperidine rings is 1. The van der Waals surface area contributed by atoms with Gasteiger partial charge in [-0.3, -0.25) is 19.5 Å². The molecule has 2 amide bonds. The highest BCUT2D eigenvalue weighted by Crippen LogP contribution is 2.40. The Balaban J connectivity index is 1.65. The lowest BCUT2D eigenvalue weighted by Crippen LogP contribution is -2.54. The fourth-order valence-electron chi connectivity index (χ4n) is 3.78. The van der Waals surface area contributed by atoms with Crippen LogP contribution >= 0.6 is 0 Å². The molecule has 2 aliphatic rings. The molecule has 0 atom stereocenters. The van der Waals surface area contributed by atoms with Gasteiger partial charge in [0.25, 0.3) is 0 Å². The van der Waals surface area contributed by atoms with Crippen LogP contribution in [-0.2, 0) is 16.1 Å². The number of amides is 2. The maximum absolute atomic E-state index is 12.4. The summed E-state index contributed by atoms with van der Waals surface area (Å²) < 4.78 is 0. The predicted molar refractivity (Wildman–Crippen MR) is 91.1 cm³/mol. The molecule has 6 nitrogen and oxygen atoms in total. The van der Waals surface area contributed by atoms with E-state index in [1.165, 1.54) is 0 Å².